The van der Waals surface area contributed by atoms with Gasteiger partial charge in [0.1, 0.15) is 6.07 Å². The molecular formula is C54H32F6N4. The molecule has 8 aromatic carbocycles. The van der Waals surface area contributed by atoms with Crippen LogP contribution in [0.2, 0.25) is 0 Å². The van der Waals surface area contributed by atoms with Crippen LogP contribution in [-0.4, -0.2) is 9.13 Å². The number of para-hydroxylation sites is 2. The molecule has 0 N–H and O–H groups in total. The predicted molar refractivity (Wildman–Crippen MR) is 242 cm³/mol. The lowest BCUT2D eigenvalue weighted by atomic mass is 9.97. The summed E-state index contributed by atoms with van der Waals surface area (Å²) in [6.45, 7) is 12.4. The Morgan fingerprint density at radius 1 is 0.453 bits per heavy atom. The summed E-state index contributed by atoms with van der Waals surface area (Å²) < 4.78 is 87.2. The molecule has 0 saturated heterocycles. The van der Waals surface area contributed by atoms with E-state index >= 15 is 0 Å². The van der Waals surface area contributed by atoms with E-state index in [9.17, 15) is 31.6 Å². The van der Waals surface area contributed by atoms with Gasteiger partial charge < -0.3 is 9.13 Å². The molecule has 4 nitrogen and oxygen atoms in total. The minimum atomic E-state index is -5.00. The maximum Gasteiger partial charge on any atom is 0.416 e. The molecule has 0 fully saturated rings. The molecule has 0 amide bonds. The number of benzene rings is 8. The molecule has 2 heterocycles. The standard InChI is InChI=1S/C54H32F6N4/c1-31-20-32(2)22-38(21-31)33-15-18-49-44(25-33)42-8-4-6-10-47(42)63(49)51-27-35(12-13-37(51)30-61)36-14-17-46(62-3)52(28-36)64-48-11-7-5-9-43(48)45-26-34(16-19-50(45)64)39-23-40(53(55,56)57)29-41(24-39)54(58,59)60/h4-29H,1-2H3. The maximum atomic E-state index is 13.9. The zero-order chi connectivity index (χ0) is 44.7. The second-order valence-electron chi connectivity index (χ2n) is 16.0. The third-order valence-electron chi connectivity index (χ3n) is 11.9. The second-order valence-corrected chi connectivity index (χ2v) is 16.0. The summed E-state index contributed by atoms with van der Waals surface area (Å²) in [6.07, 6.45) is -10.00. The van der Waals surface area contributed by atoms with Crippen molar-refractivity contribution in [3.63, 3.8) is 0 Å². The Morgan fingerprint density at radius 3 is 1.41 bits per heavy atom. The lowest BCUT2D eigenvalue weighted by Gasteiger charge is -2.16. The number of fused-ring (bicyclic) bond motifs is 6. The summed E-state index contributed by atoms with van der Waals surface area (Å²) in [7, 11) is 0. The number of alkyl halides is 6. The van der Waals surface area contributed by atoms with Gasteiger partial charge in [-0.15, -0.1) is 0 Å². The highest BCUT2D eigenvalue weighted by Crippen LogP contribution is 2.43. The quantitative estimate of drug-likeness (QED) is 0.126. The van der Waals surface area contributed by atoms with Crippen LogP contribution in [0.25, 0.3) is 93.2 Å². The highest BCUT2D eigenvalue weighted by atomic mass is 19.4. The van der Waals surface area contributed by atoms with Gasteiger partial charge in [-0.1, -0.05) is 96.1 Å². The molecule has 0 atom stereocenters. The fraction of sp³-hybridized carbons (Fsp3) is 0.0741. The fourth-order valence-electron chi connectivity index (χ4n) is 9.05. The average Bonchev–Trinajstić information content (AvgIpc) is 3.79. The lowest BCUT2D eigenvalue weighted by molar-refractivity contribution is -0.143. The second kappa shape index (κ2) is 14.8. The molecule has 0 aliphatic rings. The Kier molecular flexibility index (Phi) is 9.25. The fourth-order valence-corrected chi connectivity index (χ4v) is 9.05. The number of aromatic nitrogens is 2. The van der Waals surface area contributed by atoms with Crippen LogP contribution in [0.5, 0.6) is 0 Å². The van der Waals surface area contributed by atoms with Crippen molar-refractivity contribution in [3.8, 4) is 50.8 Å². The monoisotopic (exact) mass is 850 g/mol. The zero-order valence-corrected chi connectivity index (χ0v) is 34.1. The van der Waals surface area contributed by atoms with Crippen molar-refractivity contribution in [2.75, 3.05) is 0 Å². The molecule has 10 rings (SSSR count). The third-order valence-corrected chi connectivity index (χ3v) is 11.9. The van der Waals surface area contributed by atoms with Crippen LogP contribution in [0, 0.1) is 31.8 Å². The normalized spacial score (nSPS) is 12.0. The van der Waals surface area contributed by atoms with Gasteiger partial charge >= 0.3 is 12.4 Å². The molecular weight excluding hydrogens is 819 g/mol. The molecule has 0 unspecified atom stereocenters. The topological polar surface area (TPSA) is 38.0 Å². The van der Waals surface area contributed by atoms with Crippen molar-refractivity contribution in [2.24, 2.45) is 0 Å². The van der Waals surface area contributed by atoms with Crippen molar-refractivity contribution in [1.82, 2.24) is 9.13 Å². The maximum absolute atomic E-state index is 13.9. The third kappa shape index (κ3) is 6.72. The molecule has 0 bridgehead atoms. The van der Waals surface area contributed by atoms with Gasteiger partial charge in [0.15, 0.2) is 0 Å². The Hall–Kier alpha value is -8.08. The minimum absolute atomic E-state index is 0.120. The lowest BCUT2D eigenvalue weighted by Crippen LogP contribution is -2.11. The van der Waals surface area contributed by atoms with Gasteiger partial charge in [-0.05, 0) is 120 Å². The first-order chi connectivity index (χ1) is 30.7. The van der Waals surface area contributed by atoms with Crippen LogP contribution < -0.4 is 0 Å². The predicted octanol–water partition coefficient (Wildman–Crippen LogP) is 16.0. The van der Waals surface area contributed by atoms with Crippen LogP contribution in [0.1, 0.15) is 27.8 Å². The summed E-state index contributed by atoms with van der Waals surface area (Å²) in [5, 5.41) is 13.8. The van der Waals surface area contributed by atoms with E-state index < -0.39 is 23.5 Å². The van der Waals surface area contributed by atoms with E-state index in [2.05, 4.69) is 71.8 Å². The van der Waals surface area contributed by atoms with Gasteiger partial charge in [0.25, 0.3) is 0 Å². The summed E-state index contributed by atoms with van der Waals surface area (Å²) in [4.78, 5) is 3.87. The van der Waals surface area contributed by atoms with Gasteiger partial charge in [-0.3, -0.25) is 0 Å². The highest BCUT2D eigenvalue weighted by molar-refractivity contribution is 6.12. The van der Waals surface area contributed by atoms with E-state index in [0.717, 1.165) is 56.2 Å². The van der Waals surface area contributed by atoms with Crippen LogP contribution in [0.15, 0.2) is 158 Å². The van der Waals surface area contributed by atoms with E-state index in [0.29, 0.717) is 44.4 Å². The first-order valence-electron chi connectivity index (χ1n) is 20.2. The van der Waals surface area contributed by atoms with Crippen LogP contribution >= 0.6 is 0 Å². The molecule has 2 aromatic heterocycles. The van der Waals surface area contributed by atoms with E-state index in [1.54, 1.807) is 30.3 Å². The van der Waals surface area contributed by atoms with E-state index in [4.69, 9.17) is 6.57 Å². The van der Waals surface area contributed by atoms with Gasteiger partial charge in [-0.25, -0.2) is 4.85 Å². The average molecular weight is 851 g/mol. The van der Waals surface area contributed by atoms with Gasteiger partial charge in [0.05, 0.1) is 56.7 Å². The molecule has 0 spiro atoms. The molecule has 0 aliphatic carbocycles. The van der Waals surface area contributed by atoms with Gasteiger partial charge in [-0.2, -0.15) is 31.6 Å². The zero-order valence-electron chi connectivity index (χ0n) is 34.1. The number of rotatable bonds is 5. The van der Waals surface area contributed by atoms with E-state index in [1.165, 1.54) is 17.2 Å². The molecule has 0 radical (unpaired) electrons. The number of hydrogen-bond acceptors (Lipinski definition) is 1. The minimum Gasteiger partial charge on any atom is -0.319 e. The van der Waals surface area contributed by atoms with Gasteiger partial charge in [0, 0.05) is 21.5 Å². The smallest absolute Gasteiger partial charge is 0.319 e. The number of aryl methyl sites for hydroxylation is 2. The van der Waals surface area contributed by atoms with Crippen LogP contribution in [-0.2, 0) is 12.4 Å². The van der Waals surface area contributed by atoms with E-state index in [1.807, 2.05) is 65.2 Å². The summed E-state index contributed by atoms with van der Waals surface area (Å²) in [5.74, 6) is 0. The van der Waals surface area contributed by atoms with Crippen molar-refractivity contribution < 1.29 is 26.3 Å². The Balaban J connectivity index is 1.13. The summed E-state index contributed by atoms with van der Waals surface area (Å²) in [6, 6.07) is 48.1. The largest absolute Gasteiger partial charge is 0.416 e. The Bertz CT molecular complexity index is 3600. The molecule has 310 valence electrons. The summed E-state index contributed by atoms with van der Waals surface area (Å²) >= 11 is 0. The van der Waals surface area contributed by atoms with Crippen molar-refractivity contribution in [1.29, 1.82) is 5.26 Å². The van der Waals surface area contributed by atoms with Crippen molar-refractivity contribution >= 4 is 49.3 Å². The SMILES string of the molecule is [C-]#[N+]c1ccc(-c2ccc(C#N)c(-n3c4ccccc4c4cc(-c5cc(C)cc(C)c5)ccc43)c2)cc1-n1c2ccccc2c2cc(-c3cc(C(F)(F)F)cc(C(F)(F)F)c3)ccc21. The van der Waals surface area contributed by atoms with Gasteiger partial charge in [0.2, 0.25) is 5.69 Å². The van der Waals surface area contributed by atoms with Crippen LogP contribution in [0.3, 0.4) is 0 Å². The Labute approximate surface area is 362 Å². The first kappa shape index (κ1) is 40.0. The van der Waals surface area contributed by atoms with E-state index in [-0.39, 0.29) is 17.2 Å². The molecule has 10 aromatic rings. The molecule has 0 aliphatic heterocycles. The molecule has 0 saturated carbocycles. The first-order valence-corrected chi connectivity index (χ1v) is 20.2. The van der Waals surface area contributed by atoms with Crippen molar-refractivity contribution in [3.05, 3.63) is 197 Å². The molecule has 64 heavy (non-hydrogen) atoms. The number of halogens is 6. The van der Waals surface area contributed by atoms with Crippen molar-refractivity contribution in [2.45, 2.75) is 26.2 Å². The van der Waals surface area contributed by atoms with Crippen LogP contribution in [0.4, 0.5) is 32.0 Å². The number of nitriles is 1. The molecule has 10 heteroatoms. The number of nitrogens with zero attached hydrogens (tertiary/aromatic N) is 4. The number of hydrogen-bond donors (Lipinski definition) is 0. The highest BCUT2D eigenvalue weighted by Gasteiger charge is 2.37. The summed E-state index contributed by atoms with van der Waals surface area (Å²) in [5.41, 5.74) is 8.32. The Morgan fingerprint density at radius 2 is 0.891 bits per heavy atom.